The van der Waals surface area contributed by atoms with Crippen LogP contribution in [0.3, 0.4) is 0 Å². The minimum atomic E-state index is -3.37. The maximum Gasteiger partial charge on any atom is 0.331 e. The smallest absolute Gasteiger partial charge is 0.331 e. The molecule has 1 N–H and O–H groups in total. The summed E-state index contributed by atoms with van der Waals surface area (Å²) in [5.74, 6) is -1.21. The van der Waals surface area contributed by atoms with E-state index >= 15 is 0 Å². The van der Waals surface area contributed by atoms with Crippen molar-refractivity contribution in [3.05, 3.63) is 65.7 Å². The van der Waals surface area contributed by atoms with E-state index in [0.29, 0.717) is 5.69 Å². The fraction of sp³-hybridized carbons (Fsp3) is 0.158. The summed E-state index contributed by atoms with van der Waals surface area (Å²) in [6.45, 7) is 1.45. The van der Waals surface area contributed by atoms with Crippen molar-refractivity contribution in [3.8, 4) is 0 Å². The topological polar surface area (TPSA) is 89.5 Å². The lowest BCUT2D eigenvalue weighted by atomic mass is 10.1. The zero-order valence-electron chi connectivity index (χ0n) is 14.4. The quantitative estimate of drug-likeness (QED) is 0.621. The first-order valence-electron chi connectivity index (χ1n) is 7.76. The van der Waals surface area contributed by atoms with Crippen LogP contribution in [0.4, 0.5) is 5.69 Å². The predicted molar refractivity (Wildman–Crippen MR) is 99.4 cm³/mol. The Morgan fingerprint density at radius 1 is 1.12 bits per heavy atom. The van der Waals surface area contributed by atoms with Crippen molar-refractivity contribution >= 4 is 33.5 Å². The first kappa shape index (κ1) is 19.4. The highest BCUT2D eigenvalue weighted by Gasteiger charge is 2.10. The predicted octanol–water partition coefficient (Wildman–Crippen LogP) is 2.59. The molecule has 1 amide bonds. The van der Waals surface area contributed by atoms with Crippen LogP contribution >= 0.6 is 0 Å². The molecule has 0 saturated carbocycles. The molecule has 2 rings (SSSR count). The van der Waals surface area contributed by atoms with Gasteiger partial charge >= 0.3 is 5.97 Å². The van der Waals surface area contributed by atoms with Gasteiger partial charge in [-0.15, -0.1) is 0 Å². The Kier molecular flexibility index (Phi) is 6.30. The first-order valence-corrected chi connectivity index (χ1v) is 9.65. The molecule has 26 heavy (non-hydrogen) atoms. The number of sulfone groups is 1. The van der Waals surface area contributed by atoms with Crippen LogP contribution in [0.15, 0.2) is 59.5 Å². The lowest BCUT2D eigenvalue weighted by Gasteiger charge is -2.07. The zero-order valence-corrected chi connectivity index (χ0v) is 15.2. The lowest BCUT2D eigenvalue weighted by molar-refractivity contribution is -0.142. The molecule has 0 spiro atoms. The number of amides is 1. The zero-order chi connectivity index (χ0) is 19.2. The molecule has 0 atom stereocenters. The van der Waals surface area contributed by atoms with Gasteiger partial charge in [-0.1, -0.05) is 30.3 Å². The Labute approximate surface area is 152 Å². The Morgan fingerprint density at radius 3 is 2.54 bits per heavy atom. The third-order valence-corrected chi connectivity index (χ3v) is 4.59. The molecule has 0 aliphatic rings. The Balaban J connectivity index is 1.89. The van der Waals surface area contributed by atoms with E-state index in [1.54, 1.807) is 12.1 Å². The molecule has 0 aliphatic heterocycles. The number of anilines is 1. The van der Waals surface area contributed by atoms with Crippen molar-refractivity contribution in [1.82, 2.24) is 0 Å². The van der Waals surface area contributed by atoms with Crippen molar-refractivity contribution in [2.45, 2.75) is 11.8 Å². The van der Waals surface area contributed by atoms with Crippen LogP contribution in [-0.2, 0) is 24.2 Å². The number of ether oxygens (including phenoxy) is 1. The molecule has 0 aromatic heterocycles. The fourth-order valence-corrected chi connectivity index (χ4v) is 2.78. The summed E-state index contributed by atoms with van der Waals surface area (Å²) in [5, 5.41) is 2.49. The van der Waals surface area contributed by atoms with E-state index in [0.717, 1.165) is 17.4 Å². The van der Waals surface area contributed by atoms with Crippen LogP contribution in [-0.4, -0.2) is 33.2 Å². The molecular formula is C19H19NO5S. The molecule has 0 unspecified atom stereocenters. The number of carbonyl (C=O) groups is 2. The van der Waals surface area contributed by atoms with Gasteiger partial charge in [0.2, 0.25) is 0 Å². The van der Waals surface area contributed by atoms with Gasteiger partial charge in [-0.2, -0.15) is 0 Å². The molecule has 6 nitrogen and oxygen atoms in total. The van der Waals surface area contributed by atoms with Crippen LogP contribution < -0.4 is 5.32 Å². The van der Waals surface area contributed by atoms with E-state index in [1.807, 2.05) is 31.2 Å². The summed E-state index contributed by atoms with van der Waals surface area (Å²) in [6.07, 6.45) is 3.95. The number of esters is 1. The van der Waals surface area contributed by atoms with Crippen LogP contribution in [0.2, 0.25) is 0 Å². The summed E-state index contributed by atoms with van der Waals surface area (Å²) in [7, 11) is -3.37. The molecule has 7 heteroatoms. The largest absolute Gasteiger partial charge is 0.452 e. The molecule has 0 saturated heterocycles. The van der Waals surface area contributed by atoms with Gasteiger partial charge in [-0.3, -0.25) is 4.79 Å². The second-order valence-corrected chi connectivity index (χ2v) is 7.66. The van der Waals surface area contributed by atoms with Crippen molar-refractivity contribution in [1.29, 1.82) is 0 Å². The van der Waals surface area contributed by atoms with Crippen molar-refractivity contribution in [2.75, 3.05) is 18.2 Å². The van der Waals surface area contributed by atoms with Gasteiger partial charge in [-0.05, 0) is 42.3 Å². The number of hydrogen-bond acceptors (Lipinski definition) is 5. The van der Waals surface area contributed by atoms with Crippen LogP contribution in [0.5, 0.6) is 0 Å². The van der Waals surface area contributed by atoms with Gasteiger partial charge in [0.05, 0.1) is 4.90 Å². The third kappa shape index (κ3) is 5.86. The Hall–Kier alpha value is -2.93. The van der Waals surface area contributed by atoms with Crippen molar-refractivity contribution in [2.24, 2.45) is 0 Å². The SMILES string of the molecule is Cc1ccccc1/C=C/C(=O)OCC(=O)Nc1cccc(S(C)(=O)=O)c1. The average Bonchev–Trinajstić information content (AvgIpc) is 2.59. The summed E-state index contributed by atoms with van der Waals surface area (Å²) in [6, 6.07) is 13.4. The minimum absolute atomic E-state index is 0.0912. The summed E-state index contributed by atoms with van der Waals surface area (Å²) in [5.41, 5.74) is 2.20. The maximum atomic E-state index is 11.8. The molecule has 2 aromatic carbocycles. The van der Waals surface area contributed by atoms with E-state index in [-0.39, 0.29) is 4.90 Å². The minimum Gasteiger partial charge on any atom is -0.452 e. The Morgan fingerprint density at radius 2 is 1.85 bits per heavy atom. The van der Waals surface area contributed by atoms with Gasteiger partial charge in [0, 0.05) is 18.0 Å². The number of benzene rings is 2. The van der Waals surface area contributed by atoms with Gasteiger partial charge in [0.25, 0.3) is 5.91 Å². The van der Waals surface area contributed by atoms with Gasteiger partial charge in [0.1, 0.15) is 0 Å². The highest BCUT2D eigenvalue weighted by molar-refractivity contribution is 7.90. The average molecular weight is 373 g/mol. The molecular weight excluding hydrogens is 354 g/mol. The van der Waals surface area contributed by atoms with E-state index in [9.17, 15) is 18.0 Å². The number of aryl methyl sites for hydroxylation is 1. The fourth-order valence-electron chi connectivity index (χ4n) is 2.12. The third-order valence-electron chi connectivity index (χ3n) is 3.48. The van der Waals surface area contributed by atoms with Crippen LogP contribution in [0.1, 0.15) is 11.1 Å². The van der Waals surface area contributed by atoms with Gasteiger partial charge in [-0.25, -0.2) is 13.2 Å². The lowest BCUT2D eigenvalue weighted by Crippen LogP contribution is -2.20. The standard InChI is InChI=1S/C19H19NO5S/c1-14-6-3-4-7-15(14)10-11-19(22)25-13-18(21)20-16-8-5-9-17(12-16)26(2,23)24/h3-12H,13H2,1-2H3,(H,20,21)/b11-10+. The van der Waals surface area contributed by atoms with E-state index in [1.165, 1.54) is 24.3 Å². The highest BCUT2D eigenvalue weighted by Crippen LogP contribution is 2.15. The van der Waals surface area contributed by atoms with E-state index < -0.39 is 28.3 Å². The van der Waals surface area contributed by atoms with Crippen molar-refractivity contribution in [3.63, 3.8) is 0 Å². The summed E-state index contributed by atoms with van der Waals surface area (Å²) in [4.78, 5) is 23.6. The van der Waals surface area contributed by atoms with Gasteiger partial charge < -0.3 is 10.1 Å². The monoisotopic (exact) mass is 373 g/mol. The number of carbonyl (C=O) groups excluding carboxylic acids is 2. The van der Waals surface area contributed by atoms with Crippen LogP contribution in [0.25, 0.3) is 6.08 Å². The molecule has 136 valence electrons. The maximum absolute atomic E-state index is 11.8. The number of nitrogens with one attached hydrogen (secondary N) is 1. The normalized spacial score (nSPS) is 11.3. The van der Waals surface area contributed by atoms with E-state index in [2.05, 4.69) is 5.32 Å². The van der Waals surface area contributed by atoms with Gasteiger partial charge in [0.15, 0.2) is 16.4 Å². The summed E-state index contributed by atoms with van der Waals surface area (Å²) >= 11 is 0. The van der Waals surface area contributed by atoms with E-state index in [4.69, 9.17) is 4.74 Å². The number of rotatable bonds is 6. The highest BCUT2D eigenvalue weighted by atomic mass is 32.2. The molecule has 0 radical (unpaired) electrons. The number of hydrogen-bond donors (Lipinski definition) is 1. The Bertz CT molecular complexity index is 948. The second-order valence-electron chi connectivity index (χ2n) is 5.65. The molecule has 0 bridgehead atoms. The van der Waals surface area contributed by atoms with Crippen LogP contribution in [0, 0.1) is 6.92 Å². The molecule has 0 heterocycles. The summed E-state index contributed by atoms with van der Waals surface area (Å²) < 4.78 is 27.9. The molecule has 0 aliphatic carbocycles. The first-order chi connectivity index (χ1) is 12.3. The van der Waals surface area contributed by atoms with Crippen molar-refractivity contribution < 1.29 is 22.7 Å². The molecule has 2 aromatic rings. The second kappa shape index (κ2) is 8.44. The molecule has 0 fully saturated rings.